The van der Waals surface area contributed by atoms with Crippen molar-refractivity contribution in [3.05, 3.63) is 35.5 Å². The summed E-state index contributed by atoms with van der Waals surface area (Å²) in [6.07, 6.45) is 4.11. The summed E-state index contributed by atoms with van der Waals surface area (Å²) in [6, 6.07) is 8.35. The van der Waals surface area contributed by atoms with Crippen LogP contribution < -0.4 is 10.2 Å². The van der Waals surface area contributed by atoms with E-state index in [-0.39, 0.29) is 11.8 Å². The normalized spacial score (nSPS) is 17.1. The molecule has 3 aromatic rings. The molecule has 1 amide bonds. The third-order valence-electron chi connectivity index (χ3n) is 5.55. The van der Waals surface area contributed by atoms with Crippen molar-refractivity contribution in [1.29, 1.82) is 0 Å². The van der Waals surface area contributed by atoms with Gasteiger partial charge >= 0.3 is 0 Å². The lowest BCUT2D eigenvalue weighted by atomic mass is 9.97. The van der Waals surface area contributed by atoms with Crippen molar-refractivity contribution in [2.75, 3.05) is 24.5 Å². The number of aryl methyl sites for hydroxylation is 2. The number of hydrogen-bond acceptors (Lipinski definition) is 5. The lowest BCUT2D eigenvalue weighted by Gasteiger charge is -2.31. The predicted molar refractivity (Wildman–Crippen MR) is 119 cm³/mol. The number of nitrogens with one attached hydrogen (secondary N) is 1. The van der Waals surface area contributed by atoms with Crippen LogP contribution in [-0.4, -0.2) is 40.3 Å². The van der Waals surface area contributed by atoms with Gasteiger partial charge in [-0.2, -0.15) is 10.1 Å². The minimum absolute atomic E-state index is 0.0438. The second-order valence-corrected chi connectivity index (χ2v) is 8.89. The Morgan fingerprint density at radius 2 is 2.07 bits per heavy atom. The van der Waals surface area contributed by atoms with Crippen molar-refractivity contribution in [1.82, 2.24) is 20.1 Å². The van der Waals surface area contributed by atoms with E-state index in [0.717, 1.165) is 72.2 Å². The van der Waals surface area contributed by atoms with E-state index < -0.39 is 0 Å². The first kappa shape index (κ1) is 19.9. The second-order valence-electron chi connectivity index (χ2n) is 7.91. The molecule has 7 heteroatoms. The number of rotatable bonds is 6. The van der Waals surface area contributed by atoms with Gasteiger partial charge in [-0.05, 0) is 45.2 Å². The molecule has 1 N–H and O–H groups in total. The van der Waals surface area contributed by atoms with Gasteiger partial charge in [0.15, 0.2) is 10.8 Å². The predicted octanol–water partition coefficient (Wildman–Crippen LogP) is 4.23. The van der Waals surface area contributed by atoms with Gasteiger partial charge in [0.2, 0.25) is 5.91 Å². The fourth-order valence-electron chi connectivity index (χ4n) is 3.82. The summed E-state index contributed by atoms with van der Waals surface area (Å²) in [7, 11) is 0. The molecule has 6 nitrogen and oxygen atoms in total. The summed E-state index contributed by atoms with van der Waals surface area (Å²) in [6.45, 7) is 8.73. The van der Waals surface area contributed by atoms with Gasteiger partial charge in [-0.25, -0.2) is 4.68 Å². The van der Waals surface area contributed by atoms with Crippen molar-refractivity contribution >= 4 is 32.7 Å². The SMILES string of the molecule is CCCCNC(=O)C1CCCN(c2nc3c(s2)c(C)nn3-c2ccc(C)cc2)C1. The largest absolute Gasteiger partial charge is 0.356 e. The molecule has 0 saturated carbocycles. The highest BCUT2D eigenvalue weighted by Gasteiger charge is 2.28. The van der Waals surface area contributed by atoms with E-state index in [4.69, 9.17) is 10.1 Å². The van der Waals surface area contributed by atoms with Crippen molar-refractivity contribution in [2.45, 2.75) is 46.5 Å². The van der Waals surface area contributed by atoms with E-state index in [1.807, 2.05) is 11.6 Å². The Hall–Kier alpha value is -2.41. The monoisotopic (exact) mass is 411 g/mol. The van der Waals surface area contributed by atoms with Crippen molar-refractivity contribution in [3.8, 4) is 5.69 Å². The van der Waals surface area contributed by atoms with Crippen LogP contribution in [0.25, 0.3) is 16.0 Å². The summed E-state index contributed by atoms with van der Waals surface area (Å²) in [5, 5.41) is 8.79. The molecule has 154 valence electrons. The average molecular weight is 412 g/mol. The first-order valence-electron chi connectivity index (χ1n) is 10.5. The zero-order valence-corrected chi connectivity index (χ0v) is 18.3. The van der Waals surface area contributed by atoms with Crippen LogP contribution in [0.2, 0.25) is 0 Å². The smallest absolute Gasteiger partial charge is 0.224 e. The van der Waals surface area contributed by atoms with Gasteiger partial charge in [-0.1, -0.05) is 42.4 Å². The van der Waals surface area contributed by atoms with E-state index in [9.17, 15) is 4.79 Å². The Bertz CT molecular complexity index is 991. The Balaban J connectivity index is 1.55. The van der Waals surface area contributed by atoms with Gasteiger partial charge in [0.25, 0.3) is 0 Å². The summed E-state index contributed by atoms with van der Waals surface area (Å²) >= 11 is 1.68. The number of amides is 1. The third kappa shape index (κ3) is 4.15. The molecule has 1 aromatic carbocycles. The van der Waals surface area contributed by atoms with Crippen molar-refractivity contribution < 1.29 is 4.79 Å². The Labute approximate surface area is 175 Å². The fourth-order valence-corrected chi connectivity index (χ4v) is 4.84. The third-order valence-corrected chi connectivity index (χ3v) is 6.76. The molecule has 0 spiro atoms. The lowest BCUT2D eigenvalue weighted by molar-refractivity contribution is -0.125. The fraction of sp³-hybridized carbons (Fsp3) is 0.500. The van der Waals surface area contributed by atoms with Gasteiger partial charge in [-0.3, -0.25) is 4.79 Å². The molecular weight excluding hydrogens is 382 g/mol. The molecule has 1 atom stereocenters. The number of carbonyl (C=O) groups is 1. The zero-order valence-electron chi connectivity index (χ0n) is 17.4. The van der Waals surface area contributed by atoms with Gasteiger partial charge in [0.1, 0.15) is 0 Å². The number of thiazole rings is 1. The van der Waals surface area contributed by atoms with Crippen LogP contribution in [0.1, 0.15) is 43.9 Å². The topological polar surface area (TPSA) is 63.1 Å². The molecule has 29 heavy (non-hydrogen) atoms. The molecule has 2 aromatic heterocycles. The second kappa shape index (κ2) is 8.53. The van der Waals surface area contributed by atoms with Crippen LogP contribution in [0.3, 0.4) is 0 Å². The van der Waals surface area contributed by atoms with Crippen LogP contribution in [0.15, 0.2) is 24.3 Å². The molecule has 3 heterocycles. The number of fused-ring (bicyclic) bond motifs is 1. The first-order valence-corrected chi connectivity index (χ1v) is 11.3. The molecule has 1 aliphatic rings. The number of aromatic nitrogens is 3. The number of nitrogens with zero attached hydrogens (tertiary/aromatic N) is 4. The van der Waals surface area contributed by atoms with E-state index in [0.29, 0.717) is 0 Å². The number of hydrogen-bond donors (Lipinski definition) is 1. The summed E-state index contributed by atoms with van der Waals surface area (Å²) < 4.78 is 3.05. The number of anilines is 1. The van der Waals surface area contributed by atoms with Gasteiger partial charge in [0.05, 0.1) is 22.0 Å². The van der Waals surface area contributed by atoms with Crippen LogP contribution in [0.4, 0.5) is 5.13 Å². The molecule has 0 radical (unpaired) electrons. The Morgan fingerprint density at radius 3 is 2.83 bits per heavy atom. The maximum Gasteiger partial charge on any atom is 0.224 e. The molecule has 1 saturated heterocycles. The number of unbranched alkanes of at least 4 members (excludes halogenated alkanes) is 1. The molecular formula is C22H29N5OS. The van der Waals surface area contributed by atoms with Crippen LogP contribution in [-0.2, 0) is 4.79 Å². The maximum atomic E-state index is 12.5. The molecule has 0 aliphatic carbocycles. The molecule has 1 fully saturated rings. The van der Waals surface area contributed by atoms with Crippen molar-refractivity contribution in [3.63, 3.8) is 0 Å². The summed E-state index contributed by atoms with van der Waals surface area (Å²) in [5.41, 5.74) is 4.15. The zero-order chi connectivity index (χ0) is 20.4. The Kier molecular flexibility index (Phi) is 5.85. The minimum atomic E-state index is 0.0438. The number of piperidine rings is 1. The number of carbonyl (C=O) groups excluding carboxylic acids is 1. The van der Waals surface area contributed by atoms with E-state index in [1.54, 1.807) is 11.3 Å². The maximum absolute atomic E-state index is 12.5. The molecule has 1 unspecified atom stereocenters. The van der Waals surface area contributed by atoms with Gasteiger partial charge < -0.3 is 10.2 Å². The summed E-state index contributed by atoms with van der Waals surface area (Å²) in [4.78, 5) is 19.7. The number of benzene rings is 1. The quantitative estimate of drug-likeness (QED) is 0.617. The minimum Gasteiger partial charge on any atom is -0.356 e. The van der Waals surface area contributed by atoms with Crippen LogP contribution >= 0.6 is 11.3 Å². The Morgan fingerprint density at radius 1 is 1.28 bits per heavy atom. The van der Waals surface area contributed by atoms with Gasteiger partial charge in [-0.15, -0.1) is 0 Å². The highest BCUT2D eigenvalue weighted by atomic mass is 32.1. The van der Waals surface area contributed by atoms with E-state index in [1.165, 1.54) is 5.56 Å². The highest BCUT2D eigenvalue weighted by Crippen LogP contribution is 2.34. The standard InChI is InChI=1S/C22H29N5OS/c1-4-5-12-23-21(28)17-7-6-13-26(14-17)22-24-20-19(29-22)16(3)25-27(20)18-10-8-15(2)9-11-18/h8-11,17H,4-7,12-14H2,1-3H3,(H,23,28). The van der Waals surface area contributed by atoms with E-state index >= 15 is 0 Å². The van der Waals surface area contributed by atoms with Gasteiger partial charge in [0, 0.05) is 19.6 Å². The van der Waals surface area contributed by atoms with E-state index in [2.05, 4.69) is 48.3 Å². The van der Waals surface area contributed by atoms with Crippen molar-refractivity contribution in [2.24, 2.45) is 5.92 Å². The van der Waals surface area contributed by atoms with Crippen LogP contribution in [0.5, 0.6) is 0 Å². The molecule has 0 bridgehead atoms. The molecule has 1 aliphatic heterocycles. The highest BCUT2D eigenvalue weighted by molar-refractivity contribution is 7.22. The lowest BCUT2D eigenvalue weighted by Crippen LogP contribution is -2.43. The first-order chi connectivity index (χ1) is 14.1. The summed E-state index contributed by atoms with van der Waals surface area (Å²) in [5.74, 6) is 0.230. The average Bonchev–Trinajstić information content (AvgIpc) is 3.30. The molecule has 4 rings (SSSR count). The van der Waals surface area contributed by atoms with Crippen LogP contribution in [0, 0.1) is 19.8 Å².